The van der Waals surface area contributed by atoms with Gasteiger partial charge in [0.1, 0.15) is 5.78 Å². The summed E-state index contributed by atoms with van der Waals surface area (Å²) in [5.74, 6) is -1.38. The second-order valence-electron chi connectivity index (χ2n) is 5.78. The Kier molecular flexibility index (Phi) is 6.25. The Labute approximate surface area is 166 Å². The van der Waals surface area contributed by atoms with Gasteiger partial charge in [-0.1, -0.05) is 26.0 Å². The summed E-state index contributed by atoms with van der Waals surface area (Å²) in [6.07, 6.45) is 0. The molecule has 0 heterocycles. The first-order chi connectivity index (χ1) is 12.1. The van der Waals surface area contributed by atoms with Crippen molar-refractivity contribution >= 4 is 49.0 Å². The molecule has 7 nitrogen and oxygen atoms in total. The lowest BCUT2D eigenvalue weighted by Crippen LogP contribution is -2.17. The quantitative estimate of drug-likeness (QED) is 0.396. The molecular weight excluding hydrogens is 472 g/mol. The molecule has 0 bridgehead atoms. The van der Waals surface area contributed by atoms with Crippen LogP contribution in [0.15, 0.2) is 45.3 Å². The van der Waals surface area contributed by atoms with Crippen LogP contribution >= 0.6 is 31.9 Å². The first-order valence-corrected chi connectivity index (χ1v) is 9.13. The van der Waals surface area contributed by atoms with Gasteiger partial charge in [0.15, 0.2) is 0 Å². The zero-order valence-corrected chi connectivity index (χ0v) is 17.0. The lowest BCUT2D eigenvalue weighted by Gasteiger charge is -2.17. The minimum absolute atomic E-state index is 0.117. The fraction of sp³-hybridized carbons (Fsp3) is 0.235. The minimum Gasteiger partial charge on any atom is -0.298 e. The maximum Gasteiger partial charge on any atom is 0.283 e. The first kappa shape index (κ1) is 20.2. The van der Waals surface area contributed by atoms with Gasteiger partial charge in [0.05, 0.1) is 18.8 Å². The van der Waals surface area contributed by atoms with Crippen LogP contribution in [0.5, 0.6) is 0 Å². The van der Waals surface area contributed by atoms with Crippen molar-refractivity contribution in [3.63, 3.8) is 0 Å². The number of rotatable bonds is 6. The van der Waals surface area contributed by atoms with E-state index in [1.807, 2.05) is 0 Å². The van der Waals surface area contributed by atoms with Crippen LogP contribution in [0.4, 0.5) is 11.4 Å². The molecule has 0 saturated heterocycles. The van der Waals surface area contributed by atoms with Crippen molar-refractivity contribution in [2.24, 2.45) is 0 Å². The Balaban J connectivity index is 2.33. The molecule has 0 aliphatic carbocycles. The number of nitro benzene ring substituents is 2. The van der Waals surface area contributed by atoms with Gasteiger partial charge in [0, 0.05) is 24.0 Å². The topological polar surface area (TPSA) is 103 Å². The highest BCUT2D eigenvalue weighted by Crippen LogP contribution is 2.34. The second kappa shape index (κ2) is 8.05. The molecule has 0 aliphatic rings. The Morgan fingerprint density at radius 3 is 1.50 bits per heavy atom. The Morgan fingerprint density at radius 2 is 1.19 bits per heavy atom. The first-order valence-electron chi connectivity index (χ1n) is 7.55. The van der Waals surface area contributed by atoms with Gasteiger partial charge in [-0.25, -0.2) is 0 Å². The van der Waals surface area contributed by atoms with Crippen LogP contribution in [0.2, 0.25) is 0 Å². The molecule has 2 aromatic rings. The van der Waals surface area contributed by atoms with Crippen LogP contribution in [-0.2, 0) is 4.79 Å². The van der Waals surface area contributed by atoms with E-state index in [-0.39, 0.29) is 17.2 Å². The SMILES string of the molecule is CC(C(=O)C(C)c1ccc(Br)c([N+](=O)[O-])c1)c1ccc(Br)c([N+](=O)[O-])c1. The summed E-state index contributed by atoms with van der Waals surface area (Å²) in [7, 11) is 0. The van der Waals surface area contributed by atoms with E-state index in [9.17, 15) is 25.0 Å². The summed E-state index contributed by atoms with van der Waals surface area (Å²) in [5, 5.41) is 22.2. The number of nitro groups is 2. The molecule has 9 heteroatoms. The maximum absolute atomic E-state index is 12.8. The Hall–Kier alpha value is -2.13. The van der Waals surface area contributed by atoms with Crippen LogP contribution in [0.1, 0.15) is 36.8 Å². The average Bonchev–Trinajstić information content (AvgIpc) is 2.60. The third-order valence-corrected chi connectivity index (χ3v) is 5.53. The van der Waals surface area contributed by atoms with Crippen LogP contribution in [0, 0.1) is 20.2 Å². The van der Waals surface area contributed by atoms with Crippen molar-refractivity contribution in [3.05, 3.63) is 76.7 Å². The highest BCUT2D eigenvalue weighted by atomic mass is 79.9. The summed E-state index contributed by atoms with van der Waals surface area (Å²) in [6, 6.07) is 9.10. The zero-order valence-electron chi connectivity index (χ0n) is 13.8. The summed E-state index contributed by atoms with van der Waals surface area (Å²) < 4.78 is 0.671. The van der Waals surface area contributed by atoms with Gasteiger partial charge in [-0.05, 0) is 55.1 Å². The number of carbonyl (C=O) groups excluding carboxylic acids is 1. The molecule has 26 heavy (non-hydrogen) atoms. The van der Waals surface area contributed by atoms with Crippen LogP contribution in [0.3, 0.4) is 0 Å². The number of nitrogens with zero attached hydrogens (tertiary/aromatic N) is 2. The van der Waals surface area contributed by atoms with E-state index >= 15 is 0 Å². The number of halogens is 2. The molecule has 0 radical (unpaired) electrons. The number of Topliss-reactive ketones (excluding diaryl/α,β-unsaturated/α-hetero) is 1. The fourth-order valence-corrected chi connectivity index (χ4v) is 3.36. The van der Waals surface area contributed by atoms with E-state index in [0.717, 1.165) is 0 Å². The monoisotopic (exact) mass is 484 g/mol. The summed E-state index contributed by atoms with van der Waals surface area (Å²) in [5.41, 5.74) is 0.801. The number of hydrogen-bond donors (Lipinski definition) is 0. The largest absolute Gasteiger partial charge is 0.298 e. The molecule has 0 aliphatic heterocycles. The fourth-order valence-electron chi connectivity index (χ4n) is 2.58. The van der Waals surface area contributed by atoms with Gasteiger partial charge in [0.2, 0.25) is 0 Å². The molecule has 0 spiro atoms. The smallest absolute Gasteiger partial charge is 0.283 e. The molecule has 0 amide bonds. The summed E-state index contributed by atoms with van der Waals surface area (Å²) >= 11 is 6.23. The lowest BCUT2D eigenvalue weighted by atomic mass is 9.85. The molecule has 0 saturated carbocycles. The van der Waals surface area contributed by atoms with Crippen LogP contribution < -0.4 is 0 Å². The number of hydrogen-bond acceptors (Lipinski definition) is 5. The van der Waals surface area contributed by atoms with Gasteiger partial charge in [-0.15, -0.1) is 0 Å². The van der Waals surface area contributed by atoms with E-state index in [0.29, 0.717) is 20.1 Å². The number of benzene rings is 2. The predicted octanol–water partition coefficient (Wildman–Crippen LogP) is 5.50. The zero-order chi connectivity index (χ0) is 19.6. The third-order valence-electron chi connectivity index (χ3n) is 4.19. The molecule has 0 aromatic heterocycles. The normalized spacial score (nSPS) is 13.1. The van der Waals surface area contributed by atoms with Gasteiger partial charge in [-0.3, -0.25) is 25.0 Å². The highest BCUT2D eigenvalue weighted by molar-refractivity contribution is 9.11. The van der Waals surface area contributed by atoms with Gasteiger partial charge in [-0.2, -0.15) is 0 Å². The second-order valence-corrected chi connectivity index (χ2v) is 7.49. The molecule has 2 atom stereocenters. The predicted molar refractivity (Wildman–Crippen MR) is 103 cm³/mol. The molecule has 2 aromatic carbocycles. The van der Waals surface area contributed by atoms with Crippen molar-refractivity contribution in [1.82, 2.24) is 0 Å². The standard InChI is InChI=1S/C17H14Br2N2O5/c1-9(11-3-5-13(18)15(7-11)20(23)24)17(22)10(2)12-4-6-14(19)16(8-12)21(25)26/h3-10H,1-2H3. The Morgan fingerprint density at radius 1 is 0.846 bits per heavy atom. The van der Waals surface area contributed by atoms with Crippen molar-refractivity contribution in [2.75, 3.05) is 0 Å². The minimum atomic E-state index is -0.598. The van der Waals surface area contributed by atoms with Crippen molar-refractivity contribution < 1.29 is 14.6 Å². The van der Waals surface area contributed by atoms with Gasteiger partial charge >= 0.3 is 0 Å². The van der Waals surface area contributed by atoms with E-state index < -0.39 is 21.7 Å². The highest BCUT2D eigenvalue weighted by Gasteiger charge is 2.26. The van der Waals surface area contributed by atoms with Gasteiger partial charge in [0.25, 0.3) is 11.4 Å². The lowest BCUT2D eigenvalue weighted by molar-refractivity contribution is -0.385. The van der Waals surface area contributed by atoms with Crippen molar-refractivity contribution in [1.29, 1.82) is 0 Å². The van der Waals surface area contributed by atoms with Gasteiger partial charge < -0.3 is 0 Å². The molecule has 2 rings (SSSR count). The molecule has 0 N–H and O–H groups in total. The van der Waals surface area contributed by atoms with E-state index in [4.69, 9.17) is 0 Å². The molecular formula is C17H14Br2N2O5. The molecule has 2 unspecified atom stereocenters. The van der Waals surface area contributed by atoms with E-state index in [2.05, 4.69) is 31.9 Å². The maximum atomic E-state index is 12.8. The van der Waals surface area contributed by atoms with Crippen molar-refractivity contribution in [3.8, 4) is 0 Å². The van der Waals surface area contributed by atoms with Crippen molar-refractivity contribution in [2.45, 2.75) is 25.7 Å². The number of ketones is 1. The van der Waals surface area contributed by atoms with E-state index in [1.165, 1.54) is 24.3 Å². The molecule has 136 valence electrons. The van der Waals surface area contributed by atoms with Crippen LogP contribution in [0.25, 0.3) is 0 Å². The average molecular weight is 486 g/mol. The Bertz CT molecular complexity index is 829. The van der Waals surface area contributed by atoms with Crippen LogP contribution in [-0.4, -0.2) is 15.6 Å². The third kappa shape index (κ3) is 4.16. The summed E-state index contributed by atoms with van der Waals surface area (Å²) in [4.78, 5) is 33.9. The molecule has 0 fully saturated rings. The van der Waals surface area contributed by atoms with E-state index in [1.54, 1.807) is 26.0 Å². The summed E-state index contributed by atoms with van der Waals surface area (Å²) in [6.45, 7) is 3.33. The number of carbonyl (C=O) groups is 1.